The molecule has 2 amide bonds. The number of amides is 2. The Morgan fingerprint density at radius 2 is 2.04 bits per heavy atom. The van der Waals surface area contributed by atoms with E-state index in [-0.39, 0.29) is 23.0 Å². The maximum atomic E-state index is 13.9. The van der Waals surface area contributed by atoms with Crippen LogP contribution in [0.25, 0.3) is 0 Å². The van der Waals surface area contributed by atoms with Gasteiger partial charge in [-0.2, -0.15) is 5.10 Å². The molecule has 25 heavy (non-hydrogen) atoms. The standard InChI is InChI=1S/C18H21FN4O2/c1-18(2,3)23-11-12(10-20-23)16(24)21-14-8-9-22(17(14)25)15-7-5-4-6-13(15)19/h4-7,10-11,14H,8-9H2,1-3H3,(H,21,24)/t14-/m0/s1. The van der Waals surface area contributed by atoms with Crippen LogP contribution in [-0.4, -0.2) is 34.2 Å². The lowest BCUT2D eigenvalue weighted by Crippen LogP contribution is -2.41. The predicted molar refractivity (Wildman–Crippen MR) is 91.8 cm³/mol. The normalized spacial score (nSPS) is 17.8. The van der Waals surface area contributed by atoms with Gasteiger partial charge in [0.15, 0.2) is 0 Å². The van der Waals surface area contributed by atoms with Gasteiger partial charge in [0.25, 0.3) is 5.91 Å². The Morgan fingerprint density at radius 1 is 1.32 bits per heavy atom. The molecule has 0 bridgehead atoms. The molecule has 0 saturated carbocycles. The topological polar surface area (TPSA) is 67.2 Å². The summed E-state index contributed by atoms with van der Waals surface area (Å²) in [7, 11) is 0. The van der Waals surface area contributed by atoms with Crippen molar-refractivity contribution in [2.75, 3.05) is 11.4 Å². The van der Waals surface area contributed by atoms with Crippen molar-refractivity contribution < 1.29 is 14.0 Å². The molecule has 2 heterocycles. The summed E-state index contributed by atoms with van der Waals surface area (Å²) < 4.78 is 15.6. The molecule has 2 aromatic rings. The van der Waals surface area contributed by atoms with Crippen LogP contribution < -0.4 is 10.2 Å². The largest absolute Gasteiger partial charge is 0.340 e. The molecule has 0 spiro atoms. The SMILES string of the molecule is CC(C)(C)n1cc(C(=O)N[C@H]2CCN(c3ccccc3F)C2=O)cn1. The van der Waals surface area contributed by atoms with Crippen LogP contribution in [0.3, 0.4) is 0 Å². The number of benzene rings is 1. The van der Waals surface area contributed by atoms with E-state index in [9.17, 15) is 14.0 Å². The van der Waals surface area contributed by atoms with Crippen LogP contribution in [0, 0.1) is 5.82 Å². The molecule has 0 aliphatic carbocycles. The first kappa shape index (κ1) is 17.1. The number of nitrogens with one attached hydrogen (secondary N) is 1. The molecule has 1 aliphatic heterocycles. The van der Waals surface area contributed by atoms with Crippen LogP contribution in [0.4, 0.5) is 10.1 Å². The smallest absolute Gasteiger partial charge is 0.255 e. The van der Waals surface area contributed by atoms with Crippen molar-refractivity contribution in [1.82, 2.24) is 15.1 Å². The van der Waals surface area contributed by atoms with Gasteiger partial charge in [-0.15, -0.1) is 0 Å². The Labute approximate surface area is 145 Å². The zero-order valence-corrected chi connectivity index (χ0v) is 14.5. The third-order valence-electron chi connectivity index (χ3n) is 4.19. The fraction of sp³-hybridized carbons (Fsp3) is 0.389. The Morgan fingerprint density at radius 3 is 2.68 bits per heavy atom. The molecule has 7 heteroatoms. The van der Waals surface area contributed by atoms with Gasteiger partial charge in [-0.25, -0.2) is 4.39 Å². The number of carbonyl (C=O) groups excluding carboxylic acids is 2. The average Bonchev–Trinajstić information content (AvgIpc) is 3.16. The molecule has 0 radical (unpaired) electrons. The molecule has 132 valence electrons. The Bertz CT molecular complexity index is 809. The molecule has 1 aromatic carbocycles. The van der Waals surface area contributed by atoms with Crippen molar-refractivity contribution in [1.29, 1.82) is 0 Å². The van der Waals surface area contributed by atoms with Crippen LogP contribution in [0.1, 0.15) is 37.6 Å². The Kier molecular flexibility index (Phi) is 4.32. The van der Waals surface area contributed by atoms with E-state index in [4.69, 9.17) is 0 Å². The first-order valence-electron chi connectivity index (χ1n) is 8.19. The van der Waals surface area contributed by atoms with Gasteiger partial charge in [0, 0.05) is 12.7 Å². The number of para-hydroxylation sites is 1. The second kappa shape index (κ2) is 6.31. The molecule has 0 unspecified atom stereocenters. The van der Waals surface area contributed by atoms with E-state index in [0.29, 0.717) is 18.5 Å². The van der Waals surface area contributed by atoms with Crippen molar-refractivity contribution in [3.63, 3.8) is 0 Å². The lowest BCUT2D eigenvalue weighted by molar-refractivity contribution is -0.118. The van der Waals surface area contributed by atoms with Crippen molar-refractivity contribution in [3.05, 3.63) is 48.0 Å². The van der Waals surface area contributed by atoms with Gasteiger partial charge < -0.3 is 10.2 Å². The van der Waals surface area contributed by atoms with E-state index < -0.39 is 11.9 Å². The average molecular weight is 344 g/mol. The lowest BCUT2D eigenvalue weighted by atomic mass is 10.1. The lowest BCUT2D eigenvalue weighted by Gasteiger charge is -2.19. The highest BCUT2D eigenvalue weighted by atomic mass is 19.1. The fourth-order valence-electron chi connectivity index (χ4n) is 2.77. The summed E-state index contributed by atoms with van der Waals surface area (Å²) in [5, 5.41) is 6.91. The van der Waals surface area contributed by atoms with E-state index in [1.807, 2.05) is 20.8 Å². The van der Waals surface area contributed by atoms with Gasteiger partial charge in [-0.05, 0) is 39.3 Å². The van der Waals surface area contributed by atoms with E-state index in [2.05, 4.69) is 10.4 Å². The summed E-state index contributed by atoms with van der Waals surface area (Å²) >= 11 is 0. The van der Waals surface area contributed by atoms with Gasteiger partial charge >= 0.3 is 0 Å². The van der Waals surface area contributed by atoms with Gasteiger partial charge in [0.1, 0.15) is 11.9 Å². The number of anilines is 1. The molecule has 1 aromatic heterocycles. The molecule has 1 aliphatic rings. The molecular formula is C18H21FN4O2. The van der Waals surface area contributed by atoms with Crippen LogP contribution in [0.15, 0.2) is 36.7 Å². The number of hydrogen-bond acceptors (Lipinski definition) is 3. The van der Waals surface area contributed by atoms with E-state index >= 15 is 0 Å². The molecule has 1 saturated heterocycles. The highest BCUT2D eigenvalue weighted by Crippen LogP contribution is 2.24. The zero-order chi connectivity index (χ0) is 18.2. The Balaban J connectivity index is 1.70. The van der Waals surface area contributed by atoms with E-state index in [1.54, 1.807) is 29.1 Å². The molecule has 6 nitrogen and oxygen atoms in total. The van der Waals surface area contributed by atoms with Crippen LogP contribution in [0.2, 0.25) is 0 Å². The highest BCUT2D eigenvalue weighted by molar-refractivity contribution is 6.03. The highest BCUT2D eigenvalue weighted by Gasteiger charge is 2.35. The van der Waals surface area contributed by atoms with Crippen molar-refractivity contribution in [3.8, 4) is 0 Å². The van der Waals surface area contributed by atoms with Crippen molar-refractivity contribution >= 4 is 17.5 Å². The zero-order valence-electron chi connectivity index (χ0n) is 14.5. The number of carbonyl (C=O) groups is 2. The van der Waals surface area contributed by atoms with Crippen LogP contribution in [-0.2, 0) is 10.3 Å². The second-order valence-corrected chi connectivity index (χ2v) is 7.10. The van der Waals surface area contributed by atoms with Crippen LogP contribution >= 0.6 is 0 Å². The molecule has 1 atom stereocenters. The van der Waals surface area contributed by atoms with Gasteiger partial charge in [-0.1, -0.05) is 12.1 Å². The summed E-state index contributed by atoms with van der Waals surface area (Å²) in [4.78, 5) is 26.3. The number of rotatable bonds is 3. The molecular weight excluding hydrogens is 323 g/mol. The third kappa shape index (κ3) is 3.40. The number of aromatic nitrogens is 2. The molecule has 1 fully saturated rings. The maximum absolute atomic E-state index is 13.9. The van der Waals surface area contributed by atoms with Crippen LogP contribution in [0.5, 0.6) is 0 Å². The Hall–Kier alpha value is -2.70. The summed E-state index contributed by atoms with van der Waals surface area (Å²) in [5.74, 6) is -1.11. The summed E-state index contributed by atoms with van der Waals surface area (Å²) in [6, 6.07) is 5.47. The first-order valence-corrected chi connectivity index (χ1v) is 8.19. The minimum absolute atomic E-state index is 0.233. The predicted octanol–water partition coefficient (Wildman–Crippen LogP) is 2.31. The van der Waals surface area contributed by atoms with Gasteiger partial charge in [0.2, 0.25) is 5.91 Å². The summed E-state index contributed by atoms with van der Waals surface area (Å²) in [5.41, 5.74) is 0.403. The van der Waals surface area contributed by atoms with Gasteiger partial charge in [-0.3, -0.25) is 14.3 Å². The quantitative estimate of drug-likeness (QED) is 0.929. The van der Waals surface area contributed by atoms with E-state index in [1.165, 1.54) is 17.2 Å². The minimum atomic E-state index is -0.662. The monoisotopic (exact) mass is 344 g/mol. The number of hydrogen-bond donors (Lipinski definition) is 1. The number of nitrogens with zero attached hydrogens (tertiary/aromatic N) is 3. The third-order valence-corrected chi connectivity index (χ3v) is 4.19. The van der Waals surface area contributed by atoms with E-state index in [0.717, 1.165) is 0 Å². The second-order valence-electron chi connectivity index (χ2n) is 7.10. The summed E-state index contributed by atoms with van der Waals surface area (Å²) in [6.45, 7) is 6.31. The fourth-order valence-corrected chi connectivity index (χ4v) is 2.77. The first-order chi connectivity index (χ1) is 11.8. The van der Waals surface area contributed by atoms with Crippen molar-refractivity contribution in [2.45, 2.75) is 38.8 Å². The molecule has 3 rings (SSSR count). The van der Waals surface area contributed by atoms with Gasteiger partial charge in [0.05, 0.1) is 23.0 Å². The minimum Gasteiger partial charge on any atom is -0.340 e. The van der Waals surface area contributed by atoms with Crippen molar-refractivity contribution in [2.24, 2.45) is 0 Å². The molecule has 1 N–H and O–H groups in total. The summed E-state index contributed by atoms with van der Waals surface area (Å²) in [6.07, 6.45) is 3.57. The number of halogens is 1. The maximum Gasteiger partial charge on any atom is 0.255 e.